The van der Waals surface area contributed by atoms with Crippen molar-refractivity contribution in [2.75, 3.05) is 0 Å². The first-order valence-electron chi connectivity index (χ1n) is 6.34. The van der Waals surface area contributed by atoms with E-state index in [2.05, 4.69) is 61.1 Å². The van der Waals surface area contributed by atoms with Crippen LogP contribution in [0.5, 0.6) is 0 Å². The lowest BCUT2D eigenvalue weighted by atomic mass is 10.3. The Morgan fingerprint density at radius 1 is 1.37 bits per heavy atom. The highest BCUT2D eigenvalue weighted by Crippen LogP contribution is 2.24. The van der Waals surface area contributed by atoms with E-state index in [0.29, 0.717) is 6.54 Å². The molecule has 0 N–H and O–H groups in total. The number of aryl methyl sites for hydroxylation is 2. The smallest absolute Gasteiger partial charge is 0.0960 e. The van der Waals surface area contributed by atoms with Gasteiger partial charge in [-0.1, -0.05) is 28.1 Å². The number of aromatic nitrogens is 5. The summed E-state index contributed by atoms with van der Waals surface area (Å²) < 4.78 is 4.95. The quantitative estimate of drug-likeness (QED) is 0.735. The van der Waals surface area contributed by atoms with E-state index in [1.165, 1.54) is 0 Å². The molecule has 0 aliphatic rings. The van der Waals surface area contributed by atoms with Crippen molar-refractivity contribution in [1.82, 2.24) is 24.8 Å². The molecule has 0 aromatic carbocycles. The molecule has 1 atom stereocenters. The SMILES string of the molecule is CCc1nn(CC)c(Cn2cc(C(C)Br)nn2)c1Br. The third-order valence-electron chi connectivity index (χ3n) is 2.97. The van der Waals surface area contributed by atoms with Crippen molar-refractivity contribution in [3.8, 4) is 0 Å². The number of hydrogen-bond acceptors (Lipinski definition) is 3. The molecule has 2 aromatic rings. The summed E-state index contributed by atoms with van der Waals surface area (Å²) in [4.78, 5) is 0.215. The fourth-order valence-corrected chi connectivity index (χ4v) is 2.79. The fourth-order valence-electron chi connectivity index (χ4n) is 1.89. The Morgan fingerprint density at radius 2 is 2.11 bits per heavy atom. The molecule has 0 bridgehead atoms. The van der Waals surface area contributed by atoms with Crippen molar-refractivity contribution in [3.05, 3.63) is 27.8 Å². The molecule has 0 amide bonds. The van der Waals surface area contributed by atoms with E-state index in [0.717, 1.165) is 34.5 Å². The van der Waals surface area contributed by atoms with E-state index in [9.17, 15) is 0 Å². The van der Waals surface area contributed by atoms with Crippen molar-refractivity contribution < 1.29 is 0 Å². The highest BCUT2D eigenvalue weighted by atomic mass is 79.9. The maximum Gasteiger partial charge on any atom is 0.0960 e. The van der Waals surface area contributed by atoms with Crippen LogP contribution in [0.15, 0.2) is 10.7 Å². The second-order valence-electron chi connectivity index (χ2n) is 4.33. The molecule has 0 spiro atoms. The second kappa shape index (κ2) is 6.17. The summed E-state index contributed by atoms with van der Waals surface area (Å²) in [6.07, 6.45) is 2.88. The molecule has 5 nitrogen and oxygen atoms in total. The standard InChI is InChI=1S/C12H17Br2N5/c1-4-9-12(14)11(19(5-2)16-9)7-18-6-10(8(3)13)15-17-18/h6,8H,4-5,7H2,1-3H3. The van der Waals surface area contributed by atoms with E-state index in [1.807, 2.05) is 22.5 Å². The molecular weight excluding hydrogens is 374 g/mol. The Morgan fingerprint density at radius 3 is 2.63 bits per heavy atom. The highest BCUT2D eigenvalue weighted by Gasteiger charge is 2.15. The Balaban J connectivity index is 2.29. The minimum atomic E-state index is 0.215. The molecule has 0 aliphatic heterocycles. The van der Waals surface area contributed by atoms with Crippen molar-refractivity contribution in [2.24, 2.45) is 0 Å². The van der Waals surface area contributed by atoms with Gasteiger partial charge in [-0.05, 0) is 36.2 Å². The van der Waals surface area contributed by atoms with Gasteiger partial charge < -0.3 is 0 Å². The van der Waals surface area contributed by atoms with Crippen molar-refractivity contribution in [1.29, 1.82) is 0 Å². The number of alkyl halides is 1. The zero-order chi connectivity index (χ0) is 14.0. The molecule has 0 fully saturated rings. The predicted molar refractivity (Wildman–Crippen MR) is 81.4 cm³/mol. The molecule has 1 unspecified atom stereocenters. The van der Waals surface area contributed by atoms with E-state index >= 15 is 0 Å². The highest BCUT2D eigenvalue weighted by molar-refractivity contribution is 9.10. The summed E-state index contributed by atoms with van der Waals surface area (Å²) in [5.41, 5.74) is 3.17. The maximum atomic E-state index is 4.58. The van der Waals surface area contributed by atoms with E-state index < -0.39 is 0 Å². The second-order valence-corrected chi connectivity index (χ2v) is 6.50. The number of nitrogens with zero attached hydrogens (tertiary/aromatic N) is 5. The number of halogens is 2. The normalized spacial score (nSPS) is 12.9. The average molecular weight is 391 g/mol. The van der Waals surface area contributed by atoms with Crippen LogP contribution in [-0.4, -0.2) is 24.8 Å². The molecular formula is C12H17Br2N5. The van der Waals surface area contributed by atoms with Crippen LogP contribution in [0, 0.1) is 0 Å². The lowest BCUT2D eigenvalue weighted by Gasteiger charge is -2.04. The number of rotatable bonds is 5. The minimum absolute atomic E-state index is 0.215. The summed E-state index contributed by atoms with van der Waals surface area (Å²) in [7, 11) is 0. The third kappa shape index (κ3) is 3.08. The molecule has 2 heterocycles. The van der Waals surface area contributed by atoms with Crippen LogP contribution in [0.1, 0.15) is 42.7 Å². The zero-order valence-electron chi connectivity index (χ0n) is 11.3. The first-order valence-corrected chi connectivity index (χ1v) is 8.05. The summed E-state index contributed by atoms with van der Waals surface area (Å²) in [6.45, 7) is 7.76. The van der Waals surface area contributed by atoms with Gasteiger partial charge in [-0.3, -0.25) is 4.68 Å². The van der Waals surface area contributed by atoms with E-state index in [1.54, 1.807) is 0 Å². The van der Waals surface area contributed by atoms with Crippen molar-refractivity contribution in [2.45, 2.75) is 45.1 Å². The first kappa shape index (κ1) is 14.7. The molecule has 7 heteroatoms. The van der Waals surface area contributed by atoms with Gasteiger partial charge in [0.2, 0.25) is 0 Å². The summed E-state index contributed by atoms with van der Waals surface area (Å²) in [5, 5.41) is 12.9. The van der Waals surface area contributed by atoms with Crippen LogP contribution in [0.4, 0.5) is 0 Å². The molecule has 0 aliphatic carbocycles. The van der Waals surface area contributed by atoms with Gasteiger partial charge in [0.05, 0.1) is 39.1 Å². The Labute approximate surface area is 129 Å². The van der Waals surface area contributed by atoms with E-state index in [-0.39, 0.29) is 4.83 Å². The van der Waals surface area contributed by atoms with Gasteiger partial charge >= 0.3 is 0 Å². The fraction of sp³-hybridized carbons (Fsp3) is 0.583. The molecule has 19 heavy (non-hydrogen) atoms. The Hall–Kier alpha value is -0.690. The average Bonchev–Trinajstić information content (AvgIpc) is 2.96. The first-order chi connectivity index (χ1) is 9.06. The molecule has 0 radical (unpaired) electrons. The number of hydrogen-bond donors (Lipinski definition) is 0. The third-order valence-corrected chi connectivity index (χ3v) is 4.35. The van der Waals surface area contributed by atoms with Crippen LogP contribution in [-0.2, 0) is 19.5 Å². The molecule has 104 valence electrons. The van der Waals surface area contributed by atoms with Crippen LogP contribution >= 0.6 is 31.9 Å². The summed E-state index contributed by atoms with van der Waals surface area (Å²) >= 11 is 7.14. The minimum Gasteiger partial charge on any atom is -0.267 e. The largest absolute Gasteiger partial charge is 0.267 e. The van der Waals surface area contributed by atoms with Crippen LogP contribution < -0.4 is 0 Å². The molecule has 0 saturated carbocycles. The van der Waals surface area contributed by atoms with Gasteiger partial charge in [-0.2, -0.15) is 5.10 Å². The van der Waals surface area contributed by atoms with Crippen LogP contribution in [0.2, 0.25) is 0 Å². The van der Waals surface area contributed by atoms with Crippen LogP contribution in [0.25, 0.3) is 0 Å². The lowest BCUT2D eigenvalue weighted by molar-refractivity contribution is 0.562. The van der Waals surface area contributed by atoms with Crippen LogP contribution in [0.3, 0.4) is 0 Å². The topological polar surface area (TPSA) is 48.5 Å². The van der Waals surface area contributed by atoms with Gasteiger partial charge in [0, 0.05) is 6.54 Å². The Bertz CT molecular complexity index is 558. The van der Waals surface area contributed by atoms with Gasteiger partial charge in [0.1, 0.15) is 0 Å². The van der Waals surface area contributed by atoms with Gasteiger partial charge in [-0.15, -0.1) is 5.10 Å². The van der Waals surface area contributed by atoms with E-state index in [4.69, 9.17) is 0 Å². The monoisotopic (exact) mass is 389 g/mol. The van der Waals surface area contributed by atoms with Gasteiger partial charge in [0.15, 0.2) is 0 Å². The zero-order valence-corrected chi connectivity index (χ0v) is 14.4. The predicted octanol–water partition coefficient (Wildman–Crippen LogP) is 3.32. The molecule has 2 rings (SSSR count). The van der Waals surface area contributed by atoms with Gasteiger partial charge in [-0.25, -0.2) is 4.68 Å². The van der Waals surface area contributed by atoms with Gasteiger partial charge in [0.25, 0.3) is 0 Å². The Kier molecular flexibility index (Phi) is 4.78. The lowest BCUT2D eigenvalue weighted by Crippen LogP contribution is -2.09. The molecule has 0 saturated heterocycles. The summed E-state index contributed by atoms with van der Waals surface area (Å²) in [5.74, 6) is 0. The maximum absolute atomic E-state index is 4.58. The summed E-state index contributed by atoms with van der Waals surface area (Å²) in [6, 6.07) is 0. The van der Waals surface area contributed by atoms with Crippen molar-refractivity contribution >= 4 is 31.9 Å². The molecule has 2 aromatic heterocycles. The van der Waals surface area contributed by atoms with Crippen molar-refractivity contribution in [3.63, 3.8) is 0 Å².